The number of carbonyl (C=O) groups excluding carboxylic acids is 2. The number of thioether (sulfide) groups is 1. The lowest BCUT2D eigenvalue weighted by atomic mass is 10.1. The van der Waals surface area contributed by atoms with Crippen LogP contribution < -0.4 is 10.1 Å². The molecule has 0 bridgehead atoms. The van der Waals surface area contributed by atoms with Crippen molar-refractivity contribution in [1.29, 1.82) is 0 Å². The maximum Gasteiger partial charge on any atom is 0.242 e. The number of nitrogens with zero attached hydrogens (tertiary/aromatic N) is 1. The van der Waals surface area contributed by atoms with Gasteiger partial charge in [-0.3, -0.25) is 9.59 Å². The highest BCUT2D eigenvalue weighted by Crippen LogP contribution is 2.21. The van der Waals surface area contributed by atoms with Crippen LogP contribution in [0.25, 0.3) is 0 Å². The quantitative estimate of drug-likeness (QED) is 0.653. The summed E-state index contributed by atoms with van der Waals surface area (Å²) in [6.45, 7) is 6.54. The molecule has 0 fully saturated rings. The summed E-state index contributed by atoms with van der Waals surface area (Å²) >= 11 is 1.48. The Kier molecular flexibility index (Phi) is 8.39. The van der Waals surface area contributed by atoms with Crippen molar-refractivity contribution in [2.24, 2.45) is 0 Å². The Bertz CT molecular complexity index is 793. The summed E-state index contributed by atoms with van der Waals surface area (Å²) in [5, 5.41) is 2.80. The van der Waals surface area contributed by atoms with Gasteiger partial charge in [-0.25, -0.2) is 0 Å². The van der Waals surface area contributed by atoms with Crippen molar-refractivity contribution in [3.05, 3.63) is 59.7 Å². The fraction of sp³-hybridized carbons (Fsp3) is 0.364. The molecule has 1 atom stereocenters. The Hall–Kier alpha value is -2.47. The minimum Gasteiger partial charge on any atom is -0.497 e. The number of nitrogens with one attached hydrogen (secondary N) is 1. The van der Waals surface area contributed by atoms with Gasteiger partial charge in [-0.15, -0.1) is 11.8 Å². The molecule has 0 saturated carbocycles. The standard InChI is InChI=1S/C22H28N2O3S/c1-5-23-22(26)17(3)24(14-18-7-6-8-19(13-18)27-4)21(25)15-28-20-11-9-16(2)10-12-20/h6-13,17H,5,14-15H2,1-4H3,(H,23,26)/t17-/m0/s1. The van der Waals surface area contributed by atoms with Gasteiger partial charge >= 0.3 is 0 Å². The molecule has 0 spiro atoms. The molecule has 0 heterocycles. The van der Waals surface area contributed by atoms with E-state index in [2.05, 4.69) is 5.32 Å². The van der Waals surface area contributed by atoms with Crippen LogP contribution in [0.1, 0.15) is 25.0 Å². The van der Waals surface area contributed by atoms with E-state index in [0.717, 1.165) is 16.2 Å². The fourth-order valence-electron chi connectivity index (χ4n) is 2.73. The molecular formula is C22H28N2O3S. The Balaban J connectivity index is 2.14. The van der Waals surface area contributed by atoms with Crippen LogP contribution in [0.5, 0.6) is 5.75 Å². The van der Waals surface area contributed by atoms with Crippen LogP contribution in [0.15, 0.2) is 53.4 Å². The zero-order valence-electron chi connectivity index (χ0n) is 16.9. The Morgan fingerprint density at radius 3 is 2.54 bits per heavy atom. The second-order valence-electron chi connectivity index (χ2n) is 6.55. The fourth-order valence-corrected chi connectivity index (χ4v) is 3.52. The van der Waals surface area contributed by atoms with Crippen molar-refractivity contribution >= 4 is 23.6 Å². The molecule has 6 heteroatoms. The summed E-state index contributed by atoms with van der Waals surface area (Å²) in [7, 11) is 1.61. The Morgan fingerprint density at radius 2 is 1.89 bits per heavy atom. The van der Waals surface area contributed by atoms with Gasteiger partial charge in [-0.2, -0.15) is 0 Å². The molecule has 0 aromatic heterocycles. The average Bonchev–Trinajstić information content (AvgIpc) is 2.71. The van der Waals surface area contributed by atoms with Gasteiger partial charge in [-0.05, 0) is 50.6 Å². The lowest BCUT2D eigenvalue weighted by Crippen LogP contribution is -2.48. The summed E-state index contributed by atoms with van der Waals surface area (Å²) in [5.41, 5.74) is 2.10. The highest BCUT2D eigenvalue weighted by atomic mass is 32.2. The van der Waals surface area contributed by atoms with Crippen LogP contribution in [0.4, 0.5) is 0 Å². The zero-order valence-corrected chi connectivity index (χ0v) is 17.7. The molecule has 0 aliphatic rings. The average molecular weight is 401 g/mol. The third-order valence-electron chi connectivity index (χ3n) is 4.39. The molecule has 2 aromatic rings. The number of carbonyl (C=O) groups is 2. The van der Waals surface area contributed by atoms with Crippen molar-refractivity contribution < 1.29 is 14.3 Å². The second kappa shape index (κ2) is 10.8. The molecule has 0 radical (unpaired) electrons. The Morgan fingerprint density at radius 1 is 1.18 bits per heavy atom. The number of hydrogen-bond donors (Lipinski definition) is 1. The van der Waals surface area contributed by atoms with Crippen LogP contribution in [0.3, 0.4) is 0 Å². The van der Waals surface area contributed by atoms with Gasteiger partial charge in [0.15, 0.2) is 0 Å². The molecule has 2 aromatic carbocycles. The molecule has 2 rings (SSSR count). The monoisotopic (exact) mass is 400 g/mol. The first-order valence-electron chi connectivity index (χ1n) is 9.34. The van der Waals surface area contributed by atoms with Gasteiger partial charge in [0, 0.05) is 18.0 Å². The summed E-state index contributed by atoms with van der Waals surface area (Å²) in [6, 6.07) is 15.1. The van der Waals surface area contributed by atoms with Gasteiger partial charge < -0.3 is 15.0 Å². The van der Waals surface area contributed by atoms with Gasteiger partial charge in [0.2, 0.25) is 11.8 Å². The molecule has 0 aliphatic carbocycles. The van der Waals surface area contributed by atoms with Gasteiger partial charge in [0.1, 0.15) is 11.8 Å². The van der Waals surface area contributed by atoms with E-state index in [9.17, 15) is 9.59 Å². The van der Waals surface area contributed by atoms with Crippen molar-refractivity contribution in [3.8, 4) is 5.75 Å². The number of amides is 2. The lowest BCUT2D eigenvalue weighted by Gasteiger charge is -2.28. The first-order valence-corrected chi connectivity index (χ1v) is 10.3. The normalized spacial score (nSPS) is 11.6. The summed E-state index contributed by atoms with van der Waals surface area (Å²) in [5.74, 6) is 0.771. The zero-order chi connectivity index (χ0) is 20.5. The highest BCUT2D eigenvalue weighted by Gasteiger charge is 2.25. The van der Waals surface area contributed by atoms with Crippen LogP contribution >= 0.6 is 11.8 Å². The predicted octanol–water partition coefficient (Wildman–Crippen LogP) is 3.65. The third kappa shape index (κ3) is 6.30. The second-order valence-corrected chi connectivity index (χ2v) is 7.59. The summed E-state index contributed by atoms with van der Waals surface area (Å²) < 4.78 is 5.27. The molecule has 28 heavy (non-hydrogen) atoms. The van der Waals surface area contributed by atoms with E-state index in [1.165, 1.54) is 17.3 Å². The van der Waals surface area contributed by atoms with Crippen LogP contribution in [0.2, 0.25) is 0 Å². The molecule has 150 valence electrons. The van der Waals surface area contributed by atoms with Gasteiger partial charge in [0.25, 0.3) is 0 Å². The molecule has 1 N–H and O–H groups in total. The molecule has 0 aliphatic heterocycles. The highest BCUT2D eigenvalue weighted by molar-refractivity contribution is 8.00. The number of methoxy groups -OCH3 is 1. The van der Waals surface area contributed by atoms with E-state index >= 15 is 0 Å². The van der Waals surface area contributed by atoms with Gasteiger partial charge in [-0.1, -0.05) is 29.8 Å². The van der Waals surface area contributed by atoms with Crippen LogP contribution in [-0.2, 0) is 16.1 Å². The minimum atomic E-state index is -0.558. The Labute approximate surface area is 171 Å². The van der Waals surface area contributed by atoms with Crippen molar-refractivity contribution in [3.63, 3.8) is 0 Å². The number of ether oxygens (including phenoxy) is 1. The maximum absolute atomic E-state index is 13.0. The number of hydrogen-bond acceptors (Lipinski definition) is 4. The third-order valence-corrected chi connectivity index (χ3v) is 5.39. The smallest absolute Gasteiger partial charge is 0.242 e. The van der Waals surface area contributed by atoms with Crippen molar-refractivity contribution in [1.82, 2.24) is 10.2 Å². The molecule has 0 unspecified atom stereocenters. The SMILES string of the molecule is CCNC(=O)[C@H](C)N(Cc1cccc(OC)c1)C(=O)CSc1ccc(C)cc1. The van der Waals surface area contributed by atoms with Crippen LogP contribution in [0, 0.1) is 6.92 Å². The number of likely N-dealkylation sites (N-methyl/N-ethyl adjacent to an activating group) is 1. The number of aryl methyl sites for hydroxylation is 1. The van der Waals surface area contributed by atoms with Crippen LogP contribution in [-0.4, -0.2) is 42.2 Å². The van der Waals surface area contributed by atoms with Crippen molar-refractivity contribution in [2.45, 2.75) is 38.3 Å². The van der Waals surface area contributed by atoms with E-state index in [1.807, 2.05) is 62.4 Å². The summed E-state index contributed by atoms with van der Waals surface area (Å²) in [6.07, 6.45) is 0. The first kappa shape index (κ1) is 21.8. The topological polar surface area (TPSA) is 58.6 Å². The molecule has 5 nitrogen and oxygen atoms in total. The van der Waals surface area contributed by atoms with E-state index in [-0.39, 0.29) is 17.6 Å². The number of rotatable bonds is 9. The molecular weight excluding hydrogens is 372 g/mol. The van der Waals surface area contributed by atoms with E-state index in [1.54, 1.807) is 18.9 Å². The van der Waals surface area contributed by atoms with E-state index in [0.29, 0.717) is 13.1 Å². The van der Waals surface area contributed by atoms with E-state index < -0.39 is 6.04 Å². The van der Waals surface area contributed by atoms with E-state index in [4.69, 9.17) is 4.74 Å². The minimum absolute atomic E-state index is 0.0767. The number of benzene rings is 2. The van der Waals surface area contributed by atoms with Gasteiger partial charge in [0.05, 0.1) is 12.9 Å². The lowest BCUT2D eigenvalue weighted by molar-refractivity contribution is -0.138. The predicted molar refractivity (Wildman–Crippen MR) is 114 cm³/mol. The maximum atomic E-state index is 13.0. The largest absolute Gasteiger partial charge is 0.497 e. The van der Waals surface area contributed by atoms with Crippen molar-refractivity contribution in [2.75, 3.05) is 19.4 Å². The molecule has 2 amide bonds. The summed E-state index contributed by atoms with van der Waals surface area (Å²) in [4.78, 5) is 28.0. The first-order chi connectivity index (χ1) is 13.4. The molecule has 0 saturated heterocycles.